The van der Waals surface area contributed by atoms with Gasteiger partial charge in [-0.15, -0.1) is 0 Å². The largest absolute Gasteiger partial charge is 0.465 e. The summed E-state index contributed by atoms with van der Waals surface area (Å²) in [5.41, 5.74) is 2.21. The van der Waals surface area contributed by atoms with Gasteiger partial charge in [0, 0.05) is 12.8 Å². The number of benzene rings is 1. The van der Waals surface area contributed by atoms with Crippen molar-refractivity contribution >= 4 is 11.9 Å². The fourth-order valence-corrected chi connectivity index (χ4v) is 2.58. The van der Waals surface area contributed by atoms with E-state index < -0.39 is 0 Å². The van der Waals surface area contributed by atoms with E-state index in [1.807, 2.05) is 45.0 Å². The lowest BCUT2D eigenvalue weighted by Crippen LogP contribution is -2.09. The van der Waals surface area contributed by atoms with Crippen molar-refractivity contribution in [2.24, 2.45) is 5.92 Å². The van der Waals surface area contributed by atoms with E-state index >= 15 is 0 Å². The summed E-state index contributed by atoms with van der Waals surface area (Å²) in [5, 5.41) is 0. The van der Waals surface area contributed by atoms with E-state index in [0.717, 1.165) is 49.7 Å². The topological polar surface area (TPSA) is 52.6 Å². The van der Waals surface area contributed by atoms with Crippen LogP contribution in [-0.4, -0.2) is 18.5 Å². The second-order valence-electron chi connectivity index (χ2n) is 7.29. The van der Waals surface area contributed by atoms with E-state index in [1.165, 1.54) is 0 Å². The molecule has 0 saturated heterocycles. The molecule has 0 aromatic heterocycles. The maximum Gasteiger partial charge on any atom is 0.306 e. The summed E-state index contributed by atoms with van der Waals surface area (Å²) in [6, 6.07) is 7.95. The molecular formula is C22H34O4. The maximum absolute atomic E-state index is 11.8. The Morgan fingerprint density at radius 2 is 1.38 bits per heavy atom. The summed E-state index contributed by atoms with van der Waals surface area (Å²) >= 11 is 0. The van der Waals surface area contributed by atoms with Crippen molar-refractivity contribution < 1.29 is 19.1 Å². The Morgan fingerprint density at radius 1 is 0.846 bits per heavy atom. The number of carbonyl (C=O) groups excluding carboxylic acids is 2. The molecule has 26 heavy (non-hydrogen) atoms. The molecular weight excluding hydrogens is 328 g/mol. The monoisotopic (exact) mass is 362 g/mol. The molecule has 0 saturated carbocycles. The molecule has 0 N–H and O–H groups in total. The number of carbonyl (C=O) groups is 2. The highest BCUT2D eigenvalue weighted by molar-refractivity contribution is 5.69. The van der Waals surface area contributed by atoms with Crippen molar-refractivity contribution in [2.75, 3.05) is 6.61 Å². The third kappa shape index (κ3) is 10.9. The third-order valence-electron chi connectivity index (χ3n) is 4.24. The molecule has 0 heterocycles. The van der Waals surface area contributed by atoms with Crippen LogP contribution in [0.1, 0.15) is 76.3 Å². The van der Waals surface area contributed by atoms with Crippen molar-refractivity contribution in [2.45, 2.75) is 78.7 Å². The smallest absolute Gasteiger partial charge is 0.306 e. The molecule has 0 aliphatic heterocycles. The van der Waals surface area contributed by atoms with E-state index in [4.69, 9.17) is 9.47 Å². The van der Waals surface area contributed by atoms with Gasteiger partial charge >= 0.3 is 11.9 Å². The van der Waals surface area contributed by atoms with Crippen molar-refractivity contribution in [1.29, 1.82) is 0 Å². The molecule has 1 aromatic rings. The number of esters is 2. The molecule has 0 fully saturated rings. The minimum absolute atomic E-state index is 0.0879. The highest BCUT2D eigenvalue weighted by atomic mass is 16.5. The zero-order chi connectivity index (χ0) is 19.2. The van der Waals surface area contributed by atoms with Crippen LogP contribution < -0.4 is 0 Å². The molecule has 1 aromatic carbocycles. The second-order valence-corrected chi connectivity index (χ2v) is 7.29. The van der Waals surface area contributed by atoms with Gasteiger partial charge in [-0.3, -0.25) is 9.59 Å². The first-order chi connectivity index (χ1) is 12.5. The predicted octanol–water partition coefficient (Wildman–Crippen LogP) is 5.36. The first-order valence-corrected chi connectivity index (χ1v) is 9.84. The Morgan fingerprint density at radius 3 is 1.96 bits per heavy atom. The molecule has 1 rings (SSSR count). The van der Waals surface area contributed by atoms with Crippen molar-refractivity contribution in [3.63, 3.8) is 0 Å². The zero-order valence-electron chi connectivity index (χ0n) is 16.6. The number of unbranched alkanes of at least 4 members (excludes halogenated alkanes) is 5. The second kappa shape index (κ2) is 13.4. The minimum atomic E-state index is -0.124. The first kappa shape index (κ1) is 22.2. The lowest BCUT2D eigenvalue weighted by atomic mass is 10.1. The van der Waals surface area contributed by atoms with Crippen LogP contribution in [0.25, 0.3) is 0 Å². The molecule has 0 aliphatic rings. The van der Waals surface area contributed by atoms with Gasteiger partial charge in [0.25, 0.3) is 0 Å². The average Bonchev–Trinajstić information content (AvgIpc) is 2.61. The number of rotatable bonds is 13. The van der Waals surface area contributed by atoms with Gasteiger partial charge in [0.05, 0.1) is 6.61 Å². The number of aryl methyl sites for hydroxylation is 1. The maximum atomic E-state index is 11.8. The molecule has 0 aliphatic carbocycles. The lowest BCUT2D eigenvalue weighted by Gasteiger charge is -2.07. The molecule has 0 spiro atoms. The van der Waals surface area contributed by atoms with Crippen molar-refractivity contribution in [3.05, 3.63) is 35.4 Å². The predicted molar refractivity (Wildman–Crippen MR) is 104 cm³/mol. The SMILES string of the molecule is Cc1ccccc1COC(=O)CCCCCCCCC(=O)OCC(C)C. The number of ether oxygens (including phenoxy) is 2. The van der Waals surface area contributed by atoms with E-state index in [0.29, 0.717) is 32.0 Å². The Labute approximate surface area is 158 Å². The Bertz CT molecular complexity index is 537. The molecule has 0 unspecified atom stereocenters. The van der Waals surface area contributed by atoms with Crippen LogP contribution in [0.2, 0.25) is 0 Å². The summed E-state index contributed by atoms with van der Waals surface area (Å²) in [4.78, 5) is 23.2. The van der Waals surface area contributed by atoms with Gasteiger partial charge in [0.2, 0.25) is 0 Å². The zero-order valence-corrected chi connectivity index (χ0v) is 16.6. The van der Waals surface area contributed by atoms with E-state index in [2.05, 4.69) is 0 Å². The molecule has 4 heteroatoms. The normalized spacial score (nSPS) is 10.8. The van der Waals surface area contributed by atoms with Crippen LogP contribution in [0, 0.1) is 12.8 Å². The van der Waals surface area contributed by atoms with Gasteiger partial charge in [-0.25, -0.2) is 0 Å². The van der Waals surface area contributed by atoms with Crippen LogP contribution in [0.3, 0.4) is 0 Å². The fourth-order valence-electron chi connectivity index (χ4n) is 2.58. The minimum Gasteiger partial charge on any atom is -0.465 e. The van der Waals surface area contributed by atoms with E-state index in [9.17, 15) is 9.59 Å². The van der Waals surface area contributed by atoms with Gasteiger partial charge in [0.15, 0.2) is 0 Å². The van der Waals surface area contributed by atoms with Gasteiger partial charge in [-0.2, -0.15) is 0 Å². The highest BCUT2D eigenvalue weighted by Crippen LogP contribution is 2.12. The molecule has 146 valence electrons. The summed E-state index contributed by atoms with van der Waals surface area (Å²) < 4.78 is 10.5. The summed E-state index contributed by atoms with van der Waals surface area (Å²) in [5.74, 6) is 0.179. The van der Waals surface area contributed by atoms with Crippen LogP contribution in [0.15, 0.2) is 24.3 Å². The van der Waals surface area contributed by atoms with Gasteiger partial charge in [-0.05, 0) is 36.8 Å². The quantitative estimate of drug-likeness (QED) is 0.350. The van der Waals surface area contributed by atoms with Crippen LogP contribution in [-0.2, 0) is 25.7 Å². The van der Waals surface area contributed by atoms with Crippen molar-refractivity contribution in [3.8, 4) is 0 Å². The first-order valence-electron chi connectivity index (χ1n) is 9.84. The standard InChI is InChI=1S/C22H34O4/c1-18(2)16-25-21(23)14-8-6-4-5-7-9-15-22(24)26-17-20-13-11-10-12-19(20)3/h10-13,18H,4-9,14-17H2,1-3H3. The third-order valence-corrected chi connectivity index (χ3v) is 4.24. The van der Waals surface area contributed by atoms with Gasteiger partial charge in [0.1, 0.15) is 6.61 Å². The van der Waals surface area contributed by atoms with Gasteiger partial charge < -0.3 is 9.47 Å². The Balaban J connectivity index is 1.94. The van der Waals surface area contributed by atoms with Gasteiger partial charge in [-0.1, -0.05) is 63.8 Å². The van der Waals surface area contributed by atoms with Crippen molar-refractivity contribution in [1.82, 2.24) is 0 Å². The Hall–Kier alpha value is -1.84. The molecule has 4 nitrogen and oxygen atoms in total. The van der Waals surface area contributed by atoms with Crippen LogP contribution >= 0.6 is 0 Å². The molecule has 0 bridgehead atoms. The number of hydrogen-bond donors (Lipinski definition) is 0. The average molecular weight is 363 g/mol. The summed E-state index contributed by atoms with van der Waals surface area (Å²) in [6.45, 7) is 6.96. The summed E-state index contributed by atoms with van der Waals surface area (Å²) in [7, 11) is 0. The molecule has 0 atom stereocenters. The van der Waals surface area contributed by atoms with E-state index in [1.54, 1.807) is 0 Å². The van der Waals surface area contributed by atoms with E-state index in [-0.39, 0.29) is 11.9 Å². The fraction of sp³-hybridized carbons (Fsp3) is 0.636. The summed E-state index contributed by atoms with van der Waals surface area (Å²) in [6.07, 6.45) is 6.98. The molecule has 0 radical (unpaired) electrons. The highest BCUT2D eigenvalue weighted by Gasteiger charge is 2.06. The number of hydrogen-bond acceptors (Lipinski definition) is 4. The van der Waals surface area contributed by atoms with Crippen LogP contribution in [0.5, 0.6) is 0 Å². The van der Waals surface area contributed by atoms with Crippen LogP contribution in [0.4, 0.5) is 0 Å². The Kier molecular flexibility index (Phi) is 11.4. The molecule has 0 amide bonds. The lowest BCUT2D eigenvalue weighted by molar-refractivity contribution is -0.145.